The highest BCUT2D eigenvalue weighted by Crippen LogP contribution is 2.32. The van der Waals surface area contributed by atoms with Crippen LogP contribution in [0, 0.1) is 10.8 Å². The lowest BCUT2D eigenvalue weighted by Gasteiger charge is -2.29. The summed E-state index contributed by atoms with van der Waals surface area (Å²) in [6.45, 7) is 28.1. The Hall–Kier alpha value is -1.24. The summed E-state index contributed by atoms with van der Waals surface area (Å²) in [6, 6.07) is 0. The Labute approximate surface area is 133 Å². The van der Waals surface area contributed by atoms with Gasteiger partial charge in [-0.2, -0.15) is 0 Å². The van der Waals surface area contributed by atoms with Crippen molar-refractivity contribution in [2.75, 3.05) is 7.05 Å². The maximum Gasteiger partial charge on any atom is 0.0174 e. The lowest BCUT2D eigenvalue weighted by atomic mass is 9.83. The fourth-order valence-corrected chi connectivity index (χ4v) is 1.86. The monoisotopic (exact) mass is 289 g/mol. The molecule has 1 heteroatoms. The molecule has 0 radical (unpaired) electrons. The second kappa shape index (κ2) is 6.68. The molecule has 0 bridgehead atoms. The van der Waals surface area contributed by atoms with Crippen LogP contribution in [0.3, 0.4) is 0 Å². The highest BCUT2D eigenvalue weighted by molar-refractivity contribution is 5.36. The van der Waals surface area contributed by atoms with Gasteiger partial charge in [0.2, 0.25) is 0 Å². The van der Waals surface area contributed by atoms with Crippen LogP contribution in [-0.4, -0.2) is 11.9 Å². The van der Waals surface area contributed by atoms with E-state index in [0.717, 1.165) is 5.57 Å². The van der Waals surface area contributed by atoms with E-state index in [4.69, 9.17) is 0 Å². The predicted molar refractivity (Wildman–Crippen MR) is 97.1 cm³/mol. The molecule has 0 heterocycles. The molecule has 0 saturated carbocycles. The van der Waals surface area contributed by atoms with Crippen LogP contribution in [0.15, 0.2) is 47.3 Å². The van der Waals surface area contributed by atoms with E-state index in [1.807, 2.05) is 0 Å². The molecular formula is C20H35N. The summed E-state index contributed by atoms with van der Waals surface area (Å²) >= 11 is 0. The summed E-state index contributed by atoms with van der Waals surface area (Å²) in [7, 11) is 2.11. The van der Waals surface area contributed by atoms with Crippen molar-refractivity contribution in [3.8, 4) is 0 Å². The molecule has 0 atom stereocenters. The highest BCUT2D eigenvalue weighted by atomic mass is 15.1. The van der Waals surface area contributed by atoms with Gasteiger partial charge in [0.25, 0.3) is 0 Å². The molecule has 21 heavy (non-hydrogen) atoms. The minimum absolute atomic E-state index is 0.0960. The Kier molecular flexibility index (Phi) is 6.29. The molecule has 0 rings (SSSR count). The van der Waals surface area contributed by atoms with Crippen molar-refractivity contribution in [2.45, 2.75) is 62.3 Å². The minimum atomic E-state index is 0.0960. The van der Waals surface area contributed by atoms with Gasteiger partial charge < -0.3 is 4.90 Å². The van der Waals surface area contributed by atoms with Gasteiger partial charge in [-0.3, -0.25) is 0 Å². The van der Waals surface area contributed by atoms with E-state index in [-0.39, 0.29) is 10.8 Å². The van der Waals surface area contributed by atoms with Gasteiger partial charge in [-0.15, -0.1) is 0 Å². The standard InChI is InChI=1S/C20H35N/c1-14(19(6,7)8)13-15(2)21(12)18(5)16(3)17(4)20(9,10)11/h13H,1,4H2,2-3,5-12H3/b15-13-,18-16-. The Morgan fingerprint density at radius 1 is 0.857 bits per heavy atom. The van der Waals surface area contributed by atoms with Gasteiger partial charge >= 0.3 is 0 Å². The molecule has 0 aromatic carbocycles. The normalized spacial score (nSPS) is 14.7. The van der Waals surface area contributed by atoms with Crippen molar-refractivity contribution in [2.24, 2.45) is 10.8 Å². The minimum Gasteiger partial charge on any atom is -0.352 e. The third kappa shape index (κ3) is 5.57. The largest absolute Gasteiger partial charge is 0.352 e. The van der Waals surface area contributed by atoms with Crippen LogP contribution in [0.2, 0.25) is 0 Å². The summed E-state index contributed by atoms with van der Waals surface area (Å²) in [5.41, 5.74) is 6.24. The smallest absolute Gasteiger partial charge is 0.0174 e. The van der Waals surface area contributed by atoms with E-state index in [2.05, 4.69) is 93.5 Å². The zero-order valence-electron chi connectivity index (χ0n) is 15.9. The molecule has 0 aromatic rings. The molecule has 0 spiro atoms. The van der Waals surface area contributed by atoms with Crippen molar-refractivity contribution in [3.05, 3.63) is 47.3 Å². The summed E-state index contributed by atoms with van der Waals surface area (Å²) in [4.78, 5) is 2.23. The molecule has 0 aromatic heterocycles. The Bertz CT molecular complexity index is 473. The third-order valence-corrected chi connectivity index (χ3v) is 4.28. The van der Waals surface area contributed by atoms with Crippen molar-refractivity contribution in [1.29, 1.82) is 0 Å². The number of allylic oxidation sites excluding steroid dienone is 6. The van der Waals surface area contributed by atoms with Gasteiger partial charge in [0.05, 0.1) is 0 Å². The number of hydrogen-bond acceptors (Lipinski definition) is 1. The molecule has 0 fully saturated rings. The van der Waals surface area contributed by atoms with E-state index in [9.17, 15) is 0 Å². The first-order valence-electron chi connectivity index (χ1n) is 7.68. The van der Waals surface area contributed by atoms with Crippen molar-refractivity contribution in [3.63, 3.8) is 0 Å². The van der Waals surface area contributed by atoms with Gasteiger partial charge in [0, 0.05) is 18.4 Å². The van der Waals surface area contributed by atoms with Crippen LogP contribution in [0.5, 0.6) is 0 Å². The molecule has 0 amide bonds. The molecule has 1 nitrogen and oxygen atoms in total. The van der Waals surface area contributed by atoms with Crippen molar-refractivity contribution in [1.82, 2.24) is 4.90 Å². The molecule has 0 aliphatic rings. The maximum atomic E-state index is 4.27. The van der Waals surface area contributed by atoms with Crippen LogP contribution < -0.4 is 0 Å². The van der Waals surface area contributed by atoms with Crippen LogP contribution in [0.1, 0.15) is 62.3 Å². The second-order valence-electron chi connectivity index (χ2n) is 8.06. The number of rotatable bonds is 4. The first-order chi connectivity index (χ1) is 9.19. The molecule has 0 aliphatic carbocycles. The van der Waals surface area contributed by atoms with Gasteiger partial charge in [-0.1, -0.05) is 54.7 Å². The van der Waals surface area contributed by atoms with E-state index in [1.54, 1.807) is 0 Å². The van der Waals surface area contributed by atoms with Gasteiger partial charge in [-0.05, 0) is 54.4 Å². The van der Waals surface area contributed by atoms with Crippen LogP contribution in [0.25, 0.3) is 0 Å². The lowest BCUT2D eigenvalue weighted by molar-refractivity contribution is 0.481. The fraction of sp³-hybridized carbons (Fsp3) is 0.600. The molecule has 0 unspecified atom stereocenters. The zero-order chi connectivity index (χ0) is 17.2. The number of hydrogen-bond donors (Lipinski definition) is 0. The molecule has 0 saturated heterocycles. The highest BCUT2D eigenvalue weighted by Gasteiger charge is 2.19. The Morgan fingerprint density at radius 2 is 1.29 bits per heavy atom. The van der Waals surface area contributed by atoms with Crippen molar-refractivity contribution < 1.29 is 0 Å². The lowest BCUT2D eigenvalue weighted by Crippen LogP contribution is -2.19. The zero-order valence-corrected chi connectivity index (χ0v) is 15.9. The van der Waals surface area contributed by atoms with E-state index >= 15 is 0 Å². The van der Waals surface area contributed by atoms with Crippen LogP contribution >= 0.6 is 0 Å². The Balaban J connectivity index is 5.44. The average molecular weight is 290 g/mol. The van der Waals surface area contributed by atoms with Gasteiger partial charge in [0.15, 0.2) is 0 Å². The summed E-state index contributed by atoms with van der Waals surface area (Å²) in [5.74, 6) is 0. The quantitative estimate of drug-likeness (QED) is 0.547. The van der Waals surface area contributed by atoms with E-state index in [1.165, 1.54) is 22.5 Å². The Morgan fingerprint density at radius 3 is 1.62 bits per heavy atom. The average Bonchev–Trinajstić information content (AvgIpc) is 2.32. The van der Waals surface area contributed by atoms with Gasteiger partial charge in [-0.25, -0.2) is 0 Å². The summed E-state index contributed by atoms with van der Waals surface area (Å²) in [5, 5.41) is 0. The predicted octanol–water partition coefficient (Wildman–Crippen LogP) is 6.32. The van der Waals surface area contributed by atoms with Crippen LogP contribution in [-0.2, 0) is 0 Å². The van der Waals surface area contributed by atoms with Crippen LogP contribution in [0.4, 0.5) is 0 Å². The second-order valence-corrected chi connectivity index (χ2v) is 8.06. The first kappa shape index (κ1) is 19.8. The van der Waals surface area contributed by atoms with Crippen molar-refractivity contribution >= 4 is 0 Å². The summed E-state index contributed by atoms with van der Waals surface area (Å²) < 4.78 is 0. The summed E-state index contributed by atoms with van der Waals surface area (Å²) in [6.07, 6.45) is 2.18. The van der Waals surface area contributed by atoms with E-state index < -0.39 is 0 Å². The molecular weight excluding hydrogens is 254 g/mol. The molecule has 120 valence electrons. The SMILES string of the molecule is C=C(/C=C(/C)N(C)/C(C)=C(/C)C(=C)C(C)(C)C)C(C)(C)C. The van der Waals surface area contributed by atoms with E-state index in [0.29, 0.717) is 0 Å². The van der Waals surface area contributed by atoms with Gasteiger partial charge in [0.1, 0.15) is 0 Å². The topological polar surface area (TPSA) is 3.24 Å². The number of nitrogens with zero attached hydrogens (tertiary/aromatic N) is 1. The first-order valence-corrected chi connectivity index (χ1v) is 7.68. The fourth-order valence-electron chi connectivity index (χ4n) is 1.86. The molecule has 0 aliphatic heterocycles. The maximum absolute atomic E-state index is 4.27. The third-order valence-electron chi connectivity index (χ3n) is 4.28. The molecule has 0 N–H and O–H groups in total.